The van der Waals surface area contributed by atoms with Gasteiger partial charge in [-0.15, -0.1) is 0 Å². The molecule has 130 valence electrons. The first-order valence-electron chi connectivity index (χ1n) is 8.04. The summed E-state index contributed by atoms with van der Waals surface area (Å²) < 4.78 is 1.74. The molecule has 0 aliphatic heterocycles. The Morgan fingerprint density at radius 1 is 1.25 bits per heavy atom. The van der Waals surface area contributed by atoms with Gasteiger partial charge in [0.05, 0.1) is 41.9 Å². The van der Waals surface area contributed by atoms with E-state index in [0.717, 1.165) is 16.8 Å². The van der Waals surface area contributed by atoms with Gasteiger partial charge in [0.1, 0.15) is 0 Å². The van der Waals surface area contributed by atoms with Crippen LogP contribution in [0.4, 0.5) is 0 Å². The molecule has 0 bridgehead atoms. The Morgan fingerprint density at radius 3 is 2.50 bits per heavy atom. The van der Waals surface area contributed by atoms with Crippen molar-refractivity contribution in [2.45, 2.75) is 39.7 Å². The lowest BCUT2D eigenvalue weighted by molar-refractivity contribution is 0.0652. The van der Waals surface area contributed by atoms with Crippen LogP contribution in [0, 0.1) is 20.8 Å². The highest BCUT2D eigenvalue weighted by Crippen LogP contribution is 2.20. The number of nitrogens with one attached hydrogen (secondary N) is 1. The summed E-state index contributed by atoms with van der Waals surface area (Å²) in [7, 11) is 0. The largest absolute Gasteiger partial charge is 0.394 e. The summed E-state index contributed by atoms with van der Waals surface area (Å²) in [6, 6.07) is 6.07. The first-order chi connectivity index (χ1) is 11.4. The van der Waals surface area contributed by atoms with Crippen molar-refractivity contribution in [3.05, 3.63) is 46.8 Å². The summed E-state index contributed by atoms with van der Waals surface area (Å²) in [6.45, 7) is 6.99. The first-order valence-corrected chi connectivity index (χ1v) is 8.04. The zero-order chi connectivity index (χ0) is 17.9. The molecule has 1 aromatic carbocycles. The van der Waals surface area contributed by atoms with Crippen molar-refractivity contribution < 1.29 is 15.0 Å². The van der Waals surface area contributed by atoms with Gasteiger partial charge in [-0.3, -0.25) is 4.79 Å². The molecule has 1 aromatic heterocycles. The van der Waals surface area contributed by atoms with Crippen molar-refractivity contribution in [3.8, 4) is 5.69 Å². The third-order valence-corrected chi connectivity index (χ3v) is 4.51. The van der Waals surface area contributed by atoms with E-state index in [4.69, 9.17) is 0 Å². The number of hydrogen-bond donors (Lipinski definition) is 3. The minimum atomic E-state index is -1.02. The van der Waals surface area contributed by atoms with Gasteiger partial charge in [0.25, 0.3) is 5.91 Å². The van der Waals surface area contributed by atoms with E-state index in [1.807, 2.05) is 39.0 Å². The molecule has 2 aromatic rings. The third kappa shape index (κ3) is 3.34. The lowest BCUT2D eigenvalue weighted by Crippen LogP contribution is -2.53. The Bertz CT molecular complexity index is 725. The van der Waals surface area contributed by atoms with E-state index in [2.05, 4.69) is 10.4 Å². The van der Waals surface area contributed by atoms with Crippen molar-refractivity contribution in [1.29, 1.82) is 0 Å². The molecular weight excluding hydrogens is 306 g/mol. The second-order valence-electron chi connectivity index (χ2n) is 6.25. The fourth-order valence-corrected chi connectivity index (χ4v) is 2.57. The highest BCUT2D eigenvalue weighted by atomic mass is 16.3. The maximum Gasteiger partial charge on any atom is 0.255 e. The van der Waals surface area contributed by atoms with Crippen molar-refractivity contribution in [2.24, 2.45) is 0 Å². The number of carbonyl (C=O) groups is 1. The van der Waals surface area contributed by atoms with E-state index >= 15 is 0 Å². The second kappa shape index (κ2) is 7.15. The van der Waals surface area contributed by atoms with E-state index in [-0.39, 0.29) is 19.1 Å². The Hall–Kier alpha value is -2.18. The molecule has 0 atom stereocenters. The molecule has 0 radical (unpaired) electrons. The Morgan fingerprint density at radius 2 is 1.92 bits per heavy atom. The van der Waals surface area contributed by atoms with Gasteiger partial charge in [-0.25, -0.2) is 4.68 Å². The molecule has 24 heavy (non-hydrogen) atoms. The van der Waals surface area contributed by atoms with Crippen molar-refractivity contribution in [1.82, 2.24) is 15.1 Å². The number of benzene rings is 1. The quantitative estimate of drug-likeness (QED) is 0.751. The fraction of sp³-hybridized carbons (Fsp3) is 0.444. The van der Waals surface area contributed by atoms with Crippen molar-refractivity contribution in [2.75, 3.05) is 13.2 Å². The molecule has 1 amide bonds. The van der Waals surface area contributed by atoms with Gasteiger partial charge in [-0.2, -0.15) is 5.10 Å². The predicted molar refractivity (Wildman–Crippen MR) is 92.4 cm³/mol. The van der Waals surface area contributed by atoms with Crippen molar-refractivity contribution in [3.63, 3.8) is 0 Å². The maximum atomic E-state index is 12.6. The van der Waals surface area contributed by atoms with Gasteiger partial charge in [-0.1, -0.05) is 19.1 Å². The van der Waals surface area contributed by atoms with Crippen LogP contribution >= 0.6 is 0 Å². The maximum absolute atomic E-state index is 12.6. The average Bonchev–Trinajstić information content (AvgIpc) is 2.96. The summed E-state index contributed by atoms with van der Waals surface area (Å²) in [6.07, 6.45) is 1.94. The highest BCUT2D eigenvalue weighted by molar-refractivity contribution is 5.95. The van der Waals surface area contributed by atoms with Gasteiger partial charge in [0.2, 0.25) is 0 Å². The standard InChI is InChI=1S/C18H25N3O3/c1-5-18(10-22,11-23)20-17(24)15-9-19-21(14(15)4)16-8-12(2)6-7-13(16)3/h6-9,22-23H,5,10-11H2,1-4H3,(H,20,24). The monoisotopic (exact) mass is 331 g/mol. The van der Waals surface area contributed by atoms with Gasteiger partial charge in [0, 0.05) is 0 Å². The molecular formula is C18H25N3O3. The fourth-order valence-electron chi connectivity index (χ4n) is 2.57. The molecule has 0 fully saturated rings. The number of aliphatic hydroxyl groups excluding tert-OH is 2. The Kier molecular flexibility index (Phi) is 5.41. The Labute approximate surface area is 142 Å². The number of aromatic nitrogens is 2. The molecule has 0 aliphatic carbocycles. The number of hydrogen-bond acceptors (Lipinski definition) is 4. The van der Waals surface area contributed by atoms with Crippen LogP contribution in [0.1, 0.15) is 40.5 Å². The van der Waals surface area contributed by atoms with Gasteiger partial charge in [0.15, 0.2) is 0 Å². The summed E-state index contributed by atoms with van der Waals surface area (Å²) in [5.74, 6) is -0.353. The van der Waals surface area contributed by atoms with Crippen LogP contribution in [-0.2, 0) is 0 Å². The molecule has 0 saturated heterocycles. The SMILES string of the molecule is CCC(CO)(CO)NC(=O)c1cnn(-c2cc(C)ccc2C)c1C. The predicted octanol–water partition coefficient (Wildman–Crippen LogP) is 1.66. The summed E-state index contributed by atoms with van der Waals surface area (Å²) >= 11 is 0. The topological polar surface area (TPSA) is 87.4 Å². The molecule has 0 aliphatic rings. The average molecular weight is 331 g/mol. The van der Waals surface area contributed by atoms with Crippen LogP contribution in [0.3, 0.4) is 0 Å². The van der Waals surface area contributed by atoms with E-state index in [0.29, 0.717) is 17.7 Å². The molecule has 3 N–H and O–H groups in total. The van der Waals surface area contributed by atoms with E-state index < -0.39 is 5.54 Å². The van der Waals surface area contributed by atoms with Crippen molar-refractivity contribution >= 4 is 5.91 Å². The van der Waals surface area contributed by atoms with E-state index in [9.17, 15) is 15.0 Å². The number of amides is 1. The minimum Gasteiger partial charge on any atom is -0.394 e. The zero-order valence-electron chi connectivity index (χ0n) is 14.6. The number of rotatable bonds is 6. The number of nitrogens with zero attached hydrogens (tertiary/aromatic N) is 2. The van der Waals surface area contributed by atoms with Crippen LogP contribution in [0.15, 0.2) is 24.4 Å². The Balaban J connectivity index is 2.36. The van der Waals surface area contributed by atoms with Gasteiger partial charge >= 0.3 is 0 Å². The third-order valence-electron chi connectivity index (χ3n) is 4.51. The van der Waals surface area contributed by atoms with E-state index in [1.165, 1.54) is 6.20 Å². The lowest BCUT2D eigenvalue weighted by atomic mass is 9.98. The van der Waals surface area contributed by atoms with Crippen LogP contribution in [0.2, 0.25) is 0 Å². The second-order valence-corrected chi connectivity index (χ2v) is 6.25. The summed E-state index contributed by atoms with van der Waals surface area (Å²) in [5.41, 5.74) is 3.22. The number of carbonyl (C=O) groups excluding carboxylic acids is 1. The molecule has 2 rings (SSSR count). The first kappa shape index (κ1) is 18.2. The van der Waals surface area contributed by atoms with Crippen LogP contribution in [0.5, 0.6) is 0 Å². The van der Waals surface area contributed by atoms with E-state index in [1.54, 1.807) is 11.6 Å². The van der Waals surface area contributed by atoms with Crippen LogP contribution in [-0.4, -0.2) is 44.7 Å². The van der Waals surface area contributed by atoms with Gasteiger partial charge < -0.3 is 15.5 Å². The molecule has 1 heterocycles. The molecule has 0 spiro atoms. The minimum absolute atomic E-state index is 0.323. The highest BCUT2D eigenvalue weighted by Gasteiger charge is 2.30. The van der Waals surface area contributed by atoms with Gasteiger partial charge in [-0.05, 0) is 44.4 Å². The molecule has 0 saturated carbocycles. The summed E-state index contributed by atoms with van der Waals surface area (Å²) in [5, 5.41) is 26.1. The normalized spacial score (nSPS) is 11.6. The lowest BCUT2D eigenvalue weighted by Gasteiger charge is -2.29. The summed E-state index contributed by atoms with van der Waals surface area (Å²) in [4.78, 5) is 12.6. The molecule has 0 unspecified atom stereocenters. The smallest absolute Gasteiger partial charge is 0.255 e. The van der Waals surface area contributed by atoms with Crippen LogP contribution < -0.4 is 5.32 Å². The zero-order valence-corrected chi connectivity index (χ0v) is 14.6. The molecule has 6 heteroatoms. The van der Waals surface area contributed by atoms with Crippen LogP contribution in [0.25, 0.3) is 5.69 Å². The number of aliphatic hydroxyl groups is 2. The number of aryl methyl sites for hydroxylation is 2. The molecule has 6 nitrogen and oxygen atoms in total.